The number of benzene rings is 1. The summed E-state index contributed by atoms with van der Waals surface area (Å²) in [4.78, 5) is 29.8. The molecule has 24 heavy (non-hydrogen) atoms. The largest absolute Gasteiger partial charge is 0.321 e. The van der Waals surface area contributed by atoms with E-state index in [2.05, 4.69) is 10.3 Å². The minimum absolute atomic E-state index is 0.0940. The van der Waals surface area contributed by atoms with E-state index < -0.39 is 0 Å². The van der Waals surface area contributed by atoms with Crippen molar-refractivity contribution in [1.82, 2.24) is 4.98 Å². The number of anilines is 2. The molecule has 0 aliphatic carbocycles. The molecular weight excluding hydrogens is 304 g/mol. The summed E-state index contributed by atoms with van der Waals surface area (Å²) in [6, 6.07) is 10.6. The summed E-state index contributed by atoms with van der Waals surface area (Å²) in [6.07, 6.45) is 1.13. The minimum Gasteiger partial charge on any atom is -0.321 e. The Morgan fingerprint density at radius 3 is 2.79 bits per heavy atom. The highest BCUT2D eigenvalue weighted by Crippen LogP contribution is 2.29. The molecule has 2 aromatic rings. The highest BCUT2D eigenvalue weighted by Gasteiger charge is 2.21. The molecule has 3 rings (SSSR count). The standard InChI is InChI=1S/C18H16N4O2/c1-11-13(10-19)3-6-15(20-11)18(24)21-14-5-7-16-12(9-14)4-8-17(23)22(16)2/h3,5-7,9H,4,8H2,1-2H3,(H,21,24). The molecule has 6 heteroatoms. The van der Waals surface area contributed by atoms with Crippen LogP contribution in [-0.4, -0.2) is 23.8 Å². The van der Waals surface area contributed by atoms with Gasteiger partial charge in [0.25, 0.3) is 5.91 Å². The van der Waals surface area contributed by atoms with Crippen molar-refractivity contribution in [2.45, 2.75) is 19.8 Å². The number of pyridine rings is 1. The molecule has 1 aromatic heterocycles. The number of aryl methyl sites for hydroxylation is 2. The molecule has 120 valence electrons. The predicted molar refractivity (Wildman–Crippen MR) is 89.8 cm³/mol. The number of aromatic nitrogens is 1. The van der Waals surface area contributed by atoms with E-state index in [1.807, 2.05) is 18.2 Å². The van der Waals surface area contributed by atoms with Crippen LogP contribution in [0.15, 0.2) is 30.3 Å². The lowest BCUT2D eigenvalue weighted by atomic mass is 10.0. The molecule has 2 amide bonds. The SMILES string of the molecule is Cc1nc(C(=O)Nc2ccc3c(c2)CCC(=O)N3C)ccc1C#N. The summed E-state index contributed by atoms with van der Waals surface area (Å²) in [5.74, 6) is -0.237. The highest BCUT2D eigenvalue weighted by molar-refractivity contribution is 6.03. The van der Waals surface area contributed by atoms with Crippen LogP contribution in [0, 0.1) is 18.3 Å². The maximum atomic E-state index is 12.3. The van der Waals surface area contributed by atoms with Gasteiger partial charge in [-0.3, -0.25) is 9.59 Å². The Balaban J connectivity index is 1.82. The summed E-state index contributed by atoms with van der Waals surface area (Å²) in [6.45, 7) is 1.70. The maximum Gasteiger partial charge on any atom is 0.274 e. The van der Waals surface area contributed by atoms with Gasteiger partial charge in [0, 0.05) is 24.8 Å². The number of hydrogen-bond donors (Lipinski definition) is 1. The number of fused-ring (bicyclic) bond motifs is 1. The van der Waals surface area contributed by atoms with Crippen LogP contribution < -0.4 is 10.2 Å². The first-order valence-electron chi connectivity index (χ1n) is 7.58. The molecule has 0 bridgehead atoms. The molecule has 0 radical (unpaired) electrons. The van der Waals surface area contributed by atoms with Crippen molar-refractivity contribution in [3.05, 3.63) is 52.8 Å². The Labute approximate surface area is 139 Å². The van der Waals surface area contributed by atoms with Crippen molar-refractivity contribution in [3.63, 3.8) is 0 Å². The summed E-state index contributed by atoms with van der Waals surface area (Å²) in [7, 11) is 1.75. The van der Waals surface area contributed by atoms with E-state index in [1.54, 1.807) is 31.0 Å². The van der Waals surface area contributed by atoms with Gasteiger partial charge in [0.2, 0.25) is 5.91 Å². The number of amides is 2. The van der Waals surface area contributed by atoms with E-state index in [9.17, 15) is 9.59 Å². The van der Waals surface area contributed by atoms with Crippen molar-refractivity contribution in [2.24, 2.45) is 0 Å². The first-order valence-corrected chi connectivity index (χ1v) is 7.58. The number of rotatable bonds is 2. The van der Waals surface area contributed by atoms with Crippen LogP contribution in [0.1, 0.15) is 33.7 Å². The van der Waals surface area contributed by atoms with Crippen LogP contribution in [0.3, 0.4) is 0 Å². The van der Waals surface area contributed by atoms with Crippen molar-refractivity contribution in [2.75, 3.05) is 17.3 Å². The summed E-state index contributed by atoms with van der Waals surface area (Å²) in [5, 5.41) is 11.7. The average Bonchev–Trinajstić information content (AvgIpc) is 2.58. The highest BCUT2D eigenvalue weighted by atomic mass is 16.2. The number of carbonyl (C=O) groups is 2. The zero-order chi connectivity index (χ0) is 17.3. The van der Waals surface area contributed by atoms with Crippen LogP contribution in [0.5, 0.6) is 0 Å². The van der Waals surface area contributed by atoms with E-state index >= 15 is 0 Å². The lowest BCUT2D eigenvalue weighted by molar-refractivity contribution is -0.118. The molecule has 0 unspecified atom stereocenters. The minimum atomic E-state index is -0.331. The van der Waals surface area contributed by atoms with E-state index in [4.69, 9.17) is 5.26 Å². The number of carbonyl (C=O) groups excluding carboxylic acids is 2. The Morgan fingerprint density at radius 1 is 1.29 bits per heavy atom. The van der Waals surface area contributed by atoms with Gasteiger partial charge in [-0.05, 0) is 49.2 Å². The molecule has 0 atom stereocenters. The summed E-state index contributed by atoms with van der Waals surface area (Å²) < 4.78 is 0. The van der Waals surface area contributed by atoms with Crippen LogP contribution >= 0.6 is 0 Å². The smallest absolute Gasteiger partial charge is 0.274 e. The van der Waals surface area contributed by atoms with Gasteiger partial charge in [-0.1, -0.05) is 0 Å². The van der Waals surface area contributed by atoms with Gasteiger partial charge in [0.15, 0.2) is 0 Å². The normalized spacial score (nSPS) is 13.2. The third kappa shape index (κ3) is 2.84. The number of nitrogens with one attached hydrogen (secondary N) is 1. The fraction of sp³-hybridized carbons (Fsp3) is 0.222. The van der Waals surface area contributed by atoms with Crippen LogP contribution in [0.2, 0.25) is 0 Å². The molecule has 0 saturated heterocycles. The first kappa shape index (κ1) is 15.7. The molecule has 6 nitrogen and oxygen atoms in total. The van der Waals surface area contributed by atoms with Crippen molar-refractivity contribution in [1.29, 1.82) is 5.26 Å². The van der Waals surface area contributed by atoms with Gasteiger partial charge in [0.1, 0.15) is 11.8 Å². The quantitative estimate of drug-likeness (QED) is 0.920. The fourth-order valence-electron chi connectivity index (χ4n) is 2.74. The van der Waals surface area contributed by atoms with E-state index in [-0.39, 0.29) is 17.5 Å². The third-order valence-electron chi connectivity index (χ3n) is 4.12. The first-order chi connectivity index (χ1) is 11.5. The number of nitriles is 1. The van der Waals surface area contributed by atoms with Crippen LogP contribution in [0.4, 0.5) is 11.4 Å². The fourth-order valence-corrected chi connectivity index (χ4v) is 2.74. The monoisotopic (exact) mass is 320 g/mol. The molecule has 1 N–H and O–H groups in total. The molecule has 1 aliphatic rings. The van der Waals surface area contributed by atoms with E-state index in [1.165, 1.54) is 6.07 Å². The van der Waals surface area contributed by atoms with Crippen LogP contribution in [-0.2, 0) is 11.2 Å². The predicted octanol–water partition coefficient (Wildman–Crippen LogP) is 2.42. The topological polar surface area (TPSA) is 86.1 Å². The summed E-state index contributed by atoms with van der Waals surface area (Å²) >= 11 is 0. The van der Waals surface area contributed by atoms with Gasteiger partial charge in [0.05, 0.1) is 11.3 Å². The Bertz CT molecular complexity index is 883. The lowest BCUT2D eigenvalue weighted by Gasteiger charge is -2.26. The van der Waals surface area contributed by atoms with E-state index in [0.29, 0.717) is 29.8 Å². The average molecular weight is 320 g/mol. The third-order valence-corrected chi connectivity index (χ3v) is 4.12. The second-order valence-electron chi connectivity index (χ2n) is 5.69. The molecule has 1 aromatic carbocycles. The molecule has 2 heterocycles. The van der Waals surface area contributed by atoms with Crippen molar-refractivity contribution in [3.8, 4) is 6.07 Å². The van der Waals surface area contributed by atoms with Gasteiger partial charge in [-0.15, -0.1) is 0 Å². The van der Waals surface area contributed by atoms with Gasteiger partial charge >= 0.3 is 0 Å². The molecule has 0 spiro atoms. The van der Waals surface area contributed by atoms with E-state index in [0.717, 1.165) is 11.3 Å². The lowest BCUT2D eigenvalue weighted by Crippen LogP contribution is -2.31. The van der Waals surface area contributed by atoms with Gasteiger partial charge in [-0.25, -0.2) is 4.98 Å². The zero-order valence-electron chi connectivity index (χ0n) is 13.5. The molecule has 0 saturated carbocycles. The van der Waals surface area contributed by atoms with Gasteiger partial charge in [-0.2, -0.15) is 5.26 Å². The second-order valence-corrected chi connectivity index (χ2v) is 5.69. The second kappa shape index (κ2) is 6.13. The Hall–Kier alpha value is -3.20. The number of nitrogens with zero attached hydrogens (tertiary/aromatic N) is 3. The van der Waals surface area contributed by atoms with Crippen LogP contribution in [0.25, 0.3) is 0 Å². The summed E-state index contributed by atoms with van der Waals surface area (Å²) in [5.41, 5.74) is 3.79. The number of hydrogen-bond acceptors (Lipinski definition) is 4. The zero-order valence-corrected chi connectivity index (χ0v) is 13.5. The molecular formula is C18H16N4O2. The molecule has 1 aliphatic heterocycles. The van der Waals surface area contributed by atoms with Gasteiger partial charge < -0.3 is 10.2 Å². The Morgan fingerprint density at radius 2 is 2.08 bits per heavy atom. The Kier molecular flexibility index (Phi) is 4.00. The molecule has 0 fully saturated rings. The van der Waals surface area contributed by atoms with Crippen molar-refractivity contribution < 1.29 is 9.59 Å². The maximum absolute atomic E-state index is 12.3. The van der Waals surface area contributed by atoms with Crippen molar-refractivity contribution >= 4 is 23.2 Å².